The first kappa shape index (κ1) is 13.6. The number of esters is 1. The first-order valence-electron chi connectivity index (χ1n) is 5.77. The number of ether oxygens (including phenoxy) is 2. The van der Waals surface area contributed by atoms with Crippen LogP contribution in [0.25, 0.3) is 0 Å². The first-order chi connectivity index (χ1) is 9.61. The van der Waals surface area contributed by atoms with Crippen molar-refractivity contribution in [3.05, 3.63) is 42.1 Å². The molecule has 0 aliphatic heterocycles. The van der Waals surface area contributed by atoms with Gasteiger partial charge in [0.1, 0.15) is 11.8 Å². The van der Waals surface area contributed by atoms with E-state index in [1.54, 1.807) is 18.2 Å². The van der Waals surface area contributed by atoms with Gasteiger partial charge >= 0.3 is 11.9 Å². The summed E-state index contributed by atoms with van der Waals surface area (Å²) in [4.78, 5) is 11.7. The molecule has 20 heavy (non-hydrogen) atoms. The van der Waals surface area contributed by atoms with Crippen LogP contribution in [0.1, 0.15) is 12.8 Å². The van der Waals surface area contributed by atoms with Crippen molar-refractivity contribution in [1.82, 2.24) is 0 Å². The summed E-state index contributed by atoms with van der Waals surface area (Å²) in [7, 11) is 0. The standard InChI is InChI=1S/C14H9FN2O3/c15-11(8-16)12(19-10-4-2-1-3-5-10)20-13(18)14(9-17)6-7-14/h1-5H,6-7H2/b12-11+. The molecule has 0 amide bonds. The SMILES string of the molecule is N#C/C(F)=C(\OC(=O)C1(C#N)CC1)Oc1ccccc1. The lowest BCUT2D eigenvalue weighted by Crippen LogP contribution is -2.19. The first-order valence-corrected chi connectivity index (χ1v) is 5.77. The molecule has 1 aromatic rings. The maximum absolute atomic E-state index is 13.4. The fourth-order valence-electron chi connectivity index (χ4n) is 1.42. The van der Waals surface area contributed by atoms with Crippen LogP contribution in [0, 0.1) is 28.1 Å². The normalized spacial score (nSPS) is 16.1. The van der Waals surface area contributed by atoms with Crippen molar-refractivity contribution in [1.29, 1.82) is 10.5 Å². The number of rotatable bonds is 4. The molecule has 0 unspecified atom stereocenters. The Balaban J connectivity index is 2.17. The number of carbonyl (C=O) groups is 1. The van der Waals surface area contributed by atoms with E-state index in [2.05, 4.69) is 0 Å². The summed E-state index contributed by atoms with van der Waals surface area (Å²) in [6.45, 7) is 0. The van der Waals surface area contributed by atoms with Gasteiger partial charge in [-0.3, -0.25) is 0 Å². The molecule has 1 aliphatic carbocycles. The van der Waals surface area contributed by atoms with E-state index in [0.717, 1.165) is 0 Å². The predicted octanol–water partition coefficient (Wildman–Crippen LogP) is 2.57. The largest absolute Gasteiger partial charge is 0.423 e. The average molecular weight is 272 g/mol. The van der Waals surface area contributed by atoms with Crippen molar-refractivity contribution >= 4 is 5.97 Å². The van der Waals surface area contributed by atoms with Gasteiger partial charge < -0.3 is 9.47 Å². The predicted molar refractivity (Wildman–Crippen MR) is 64.2 cm³/mol. The second-order valence-corrected chi connectivity index (χ2v) is 4.21. The van der Waals surface area contributed by atoms with Gasteiger partial charge in [-0.1, -0.05) is 18.2 Å². The number of hydrogen-bond donors (Lipinski definition) is 0. The van der Waals surface area contributed by atoms with Crippen LogP contribution in [-0.2, 0) is 9.53 Å². The van der Waals surface area contributed by atoms with Crippen LogP contribution >= 0.6 is 0 Å². The van der Waals surface area contributed by atoms with Gasteiger partial charge in [0.25, 0.3) is 5.83 Å². The van der Waals surface area contributed by atoms with Gasteiger partial charge in [-0.15, -0.1) is 0 Å². The van der Waals surface area contributed by atoms with Gasteiger partial charge in [0, 0.05) is 0 Å². The molecule has 100 valence electrons. The highest BCUT2D eigenvalue weighted by Crippen LogP contribution is 2.46. The third kappa shape index (κ3) is 2.76. The summed E-state index contributed by atoms with van der Waals surface area (Å²) in [6.07, 6.45) is 0.713. The van der Waals surface area contributed by atoms with E-state index < -0.39 is 23.2 Å². The Morgan fingerprint density at radius 1 is 1.25 bits per heavy atom. The molecule has 0 aromatic heterocycles. The summed E-state index contributed by atoms with van der Waals surface area (Å²) in [5, 5.41) is 17.4. The molecule has 0 spiro atoms. The monoisotopic (exact) mass is 272 g/mol. The van der Waals surface area contributed by atoms with E-state index in [1.807, 2.05) is 6.07 Å². The maximum Gasteiger partial charge on any atom is 0.341 e. The van der Waals surface area contributed by atoms with Crippen molar-refractivity contribution in [3.63, 3.8) is 0 Å². The van der Waals surface area contributed by atoms with Gasteiger partial charge in [0.15, 0.2) is 5.41 Å². The zero-order valence-electron chi connectivity index (χ0n) is 10.3. The zero-order valence-corrected chi connectivity index (χ0v) is 10.3. The molecule has 0 bridgehead atoms. The molecule has 1 aromatic carbocycles. The zero-order chi connectivity index (χ0) is 14.6. The molecule has 0 heterocycles. The number of benzene rings is 1. The van der Waals surface area contributed by atoms with Crippen molar-refractivity contribution in [2.24, 2.45) is 5.41 Å². The van der Waals surface area contributed by atoms with Crippen molar-refractivity contribution in [2.75, 3.05) is 0 Å². The van der Waals surface area contributed by atoms with Crippen molar-refractivity contribution in [2.45, 2.75) is 12.8 Å². The molecule has 1 fully saturated rings. The van der Waals surface area contributed by atoms with Gasteiger partial charge in [0.05, 0.1) is 6.07 Å². The van der Waals surface area contributed by atoms with E-state index in [1.165, 1.54) is 18.2 Å². The van der Waals surface area contributed by atoms with Crippen molar-refractivity contribution < 1.29 is 18.7 Å². The smallest absolute Gasteiger partial charge is 0.341 e. The summed E-state index contributed by atoms with van der Waals surface area (Å²) in [5.41, 5.74) is -1.24. The van der Waals surface area contributed by atoms with Gasteiger partial charge in [0.2, 0.25) is 0 Å². The van der Waals surface area contributed by atoms with Crippen LogP contribution in [0.4, 0.5) is 4.39 Å². The fourth-order valence-corrected chi connectivity index (χ4v) is 1.42. The fraction of sp³-hybridized carbons (Fsp3) is 0.214. The molecule has 5 nitrogen and oxygen atoms in total. The molecule has 0 saturated heterocycles. The maximum atomic E-state index is 13.4. The van der Waals surface area contributed by atoms with Crippen LogP contribution in [0.15, 0.2) is 42.1 Å². The summed E-state index contributed by atoms with van der Waals surface area (Å²) in [6, 6.07) is 11.0. The molecular formula is C14H9FN2O3. The Morgan fingerprint density at radius 2 is 1.90 bits per heavy atom. The van der Waals surface area contributed by atoms with Crippen LogP contribution in [-0.4, -0.2) is 5.97 Å². The molecule has 6 heteroatoms. The number of nitrogens with zero attached hydrogens (tertiary/aromatic N) is 2. The van der Waals surface area contributed by atoms with Gasteiger partial charge in [-0.25, -0.2) is 4.79 Å². The molecule has 0 N–H and O–H groups in total. The highest BCUT2D eigenvalue weighted by molar-refractivity contribution is 5.83. The van der Waals surface area contributed by atoms with Crippen LogP contribution < -0.4 is 4.74 Å². The number of allylic oxidation sites excluding steroid dienone is 1. The number of hydrogen-bond acceptors (Lipinski definition) is 5. The van der Waals surface area contributed by atoms with E-state index in [-0.39, 0.29) is 5.75 Å². The van der Waals surface area contributed by atoms with Crippen molar-refractivity contribution in [3.8, 4) is 17.9 Å². The minimum absolute atomic E-state index is 0.211. The second-order valence-electron chi connectivity index (χ2n) is 4.21. The van der Waals surface area contributed by atoms with Crippen LogP contribution in [0.2, 0.25) is 0 Å². The lowest BCUT2D eigenvalue weighted by Gasteiger charge is -2.11. The lowest BCUT2D eigenvalue weighted by atomic mass is 10.1. The molecule has 0 atom stereocenters. The van der Waals surface area contributed by atoms with E-state index in [9.17, 15) is 9.18 Å². The molecule has 1 saturated carbocycles. The minimum Gasteiger partial charge on any atom is -0.423 e. The Bertz CT molecular complexity index is 637. The topological polar surface area (TPSA) is 83.1 Å². The van der Waals surface area contributed by atoms with Crippen LogP contribution in [0.3, 0.4) is 0 Å². The summed E-state index contributed by atoms with van der Waals surface area (Å²) < 4.78 is 23.1. The van der Waals surface area contributed by atoms with Crippen LogP contribution in [0.5, 0.6) is 5.75 Å². The molecule has 1 aliphatic rings. The number of para-hydroxylation sites is 1. The number of nitriles is 2. The number of carbonyl (C=O) groups excluding carboxylic acids is 1. The number of halogens is 1. The Morgan fingerprint density at radius 3 is 2.40 bits per heavy atom. The Labute approximate surface area is 114 Å². The minimum atomic E-state index is -1.36. The highest BCUT2D eigenvalue weighted by atomic mass is 19.1. The second kappa shape index (κ2) is 5.41. The average Bonchev–Trinajstić information content (AvgIpc) is 3.28. The molecular weight excluding hydrogens is 263 g/mol. The molecule has 0 radical (unpaired) electrons. The van der Waals surface area contributed by atoms with E-state index in [0.29, 0.717) is 12.8 Å². The van der Waals surface area contributed by atoms with E-state index in [4.69, 9.17) is 20.0 Å². The summed E-state index contributed by atoms with van der Waals surface area (Å²) >= 11 is 0. The Hall–Kier alpha value is -2.86. The Kier molecular flexibility index (Phi) is 3.67. The molecule has 2 rings (SSSR count). The van der Waals surface area contributed by atoms with Gasteiger partial charge in [-0.05, 0) is 25.0 Å². The van der Waals surface area contributed by atoms with Gasteiger partial charge in [-0.2, -0.15) is 14.9 Å². The third-order valence-corrected chi connectivity index (χ3v) is 2.77. The summed E-state index contributed by atoms with van der Waals surface area (Å²) in [5.74, 6) is -2.90. The highest BCUT2D eigenvalue weighted by Gasteiger charge is 2.53. The van der Waals surface area contributed by atoms with E-state index >= 15 is 0 Å². The quantitative estimate of drug-likeness (QED) is 0.478. The lowest BCUT2D eigenvalue weighted by molar-refractivity contribution is -0.147. The third-order valence-electron chi connectivity index (χ3n) is 2.77.